The largest absolute Gasteiger partial charge is 0.383 e. The normalized spacial score (nSPS) is 10.7. The molecule has 0 aliphatic carbocycles. The zero-order valence-corrected chi connectivity index (χ0v) is 11.1. The number of ether oxygens (including phenoxy) is 1. The van der Waals surface area contributed by atoms with Gasteiger partial charge in [-0.25, -0.2) is 4.98 Å². The minimum Gasteiger partial charge on any atom is -0.383 e. The number of nitrogens with one attached hydrogen (secondary N) is 1. The van der Waals surface area contributed by atoms with Crippen LogP contribution in [-0.4, -0.2) is 52.8 Å². The Morgan fingerprint density at radius 3 is 2.83 bits per heavy atom. The van der Waals surface area contributed by atoms with E-state index in [1.54, 1.807) is 18.1 Å². The van der Waals surface area contributed by atoms with E-state index in [-0.39, 0.29) is 17.6 Å². The second-order valence-electron chi connectivity index (χ2n) is 4.23. The number of nitrogens with zero attached hydrogens (tertiary/aromatic N) is 3. The van der Waals surface area contributed by atoms with Crippen LogP contribution in [0, 0.1) is 0 Å². The molecule has 0 fully saturated rings. The summed E-state index contributed by atoms with van der Waals surface area (Å²) < 4.78 is 4.97. The third kappa shape index (κ3) is 3.66. The SMILES string of the molecule is C=CCN(CCOC)C(=O)c1n[nH]c(C(C)C)n1. The Morgan fingerprint density at radius 1 is 1.61 bits per heavy atom. The van der Waals surface area contributed by atoms with Crippen LogP contribution in [0.15, 0.2) is 12.7 Å². The maximum Gasteiger partial charge on any atom is 0.293 e. The lowest BCUT2D eigenvalue weighted by molar-refractivity contribution is 0.0706. The molecule has 0 spiro atoms. The molecule has 1 amide bonds. The van der Waals surface area contributed by atoms with E-state index in [0.29, 0.717) is 25.5 Å². The van der Waals surface area contributed by atoms with Crippen LogP contribution in [0.1, 0.15) is 36.2 Å². The third-order valence-electron chi connectivity index (χ3n) is 2.44. The molecular formula is C12H20N4O2. The quantitative estimate of drug-likeness (QED) is 0.740. The Kier molecular flexibility index (Phi) is 5.51. The van der Waals surface area contributed by atoms with Crippen LogP contribution in [-0.2, 0) is 4.74 Å². The van der Waals surface area contributed by atoms with Crippen molar-refractivity contribution in [2.45, 2.75) is 19.8 Å². The fourth-order valence-electron chi connectivity index (χ4n) is 1.40. The molecule has 0 saturated carbocycles. The van der Waals surface area contributed by atoms with E-state index in [1.807, 2.05) is 13.8 Å². The molecule has 1 rings (SSSR count). The summed E-state index contributed by atoms with van der Waals surface area (Å²) in [5.41, 5.74) is 0. The van der Waals surface area contributed by atoms with Gasteiger partial charge in [-0.05, 0) is 0 Å². The van der Waals surface area contributed by atoms with Crippen molar-refractivity contribution in [2.75, 3.05) is 26.8 Å². The summed E-state index contributed by atoms with van der Waals surface area (Å²) in [5, 5.41) is 6.72. The minimum atomic E-state index is -0.213. The van der Waals surface area contributed by atoms with Crippen molar-refractivity contribution in [1.82, 2.24) is 20.1 Å². The van der Waals surface area contributed by atoms with Gasteiger partial charge in [-0.3, -0.25) is 9.89 Å². The number of aromatic amines is 1. The van der Waals surface area contributed by atoms with Crippen molar-refractivity contribution in [3.63, 3.8) is 0 Å². The fourth-order valence-corrected chi connectivity index (χ4v) is 1.40. The summed E-state index contributed by atoms with van der Waals surface area (Å²) in [4.78, 5) is 17.9. The lowest BCUT2D eigenvalue weighted by Crippen LogP contribution is -2.34. The molecule has 0 aromatic carbocycles. The summed E-state index contributed by atoms with van der Waals surface area (Å²) >= 11 is 0. The van der Waals surface area contributed by atoms with E-state index in [0.717, 1.165) is 0 Å². The van der Waals surface area contributed by atoms with Crippen LogP contribution in [0.5, 0.6) is 0 Å². The van der Waals surface area contributed by atoms with E-state index in [1.165, 1.54) is 0 Å². The van der Waals surface area contributed by atoms with Crippen molar-refractivity contribution in [2.24, 2.45) is 0 Å². The molecule has 0 unspecified atom stereocenters. The zero-order valence-electron chi connectivity index (χ0n) is 11.1. The highest BCUT2D eigenvalue weighted by molar-refractivity contribution is 5.90. The molecule has 1 aromatic heterocycles. The lowest BCUT2D eigenvalue weighted by atomic mass is 10.2. The Balaban J connectivity index is 2.77. The molecule has 18 heavy (non-hydrogen) atoms. The fraction of sp³-hybridized carbons (Fsp3) is 0.583. The van der Waals surface area contributed by atoms with E-state index in [4.69, 9.17) is 4.74 Å². The Hall–Kier alpha value is -1.69. The van der Waals surface area contributed by atoms with Gasteiger partial charge in [0.05, 0.1) is 6.61 Å². The van der Waals surface area contributed by atoms with Gasteiger partial charge in [-0.2, -0.15) is 0 Å². The van der Waals surface area contributed by atoms with Gasteiger partial charge < -0.3 is 9.64 Å². The summed E-state index contributed by atoms with van der Waals surface area (Å²) in [5.74, 6) is 0.904. The van der Waals surface area contributed by atoms with E-state index in [2.05, 4.69) is 21.8 Å². The van der Waals surface area contributed by atoms with Gasteiger partial charge in [0.1, 0.15) is 5.82 Å². The summed E-state index contributed by atoms with van der Waals surface area (Å²) in [6.07, 6.45) is 1.67. The van der Waals surface area contributed by atoms with Crippen LogP contribution in [0.25, 0.3) is 0 Å². The number of aromatic nitrogens is 3. The highest BCUT2D eigenvalue weighted by atomic mass is 16.5. The third-order valence-corrected chi connectivity index (χ3v) is 2.44. The molecule has 0 saturated heterocycles. The number of methoxy groups -OCH3 is 1. The first kappa shape index (κ1) is 14.4. The second kappa shape index (κ2) is 6.90. The Labute approximate surface area is 107 Å². The van der Waals surface area contributed by atoms with Crippen LogP contribution >= 0.6 is 0 Å². The summed E-state index contributed by atoms with van der Waals surface area (Å²) in [7, 11) is 1.60. The number of hydrogen-bond acceptors (Lipinski definition) is 4. The number of carbonyl (C=O) groups is 1. The average molecular weight is 252 g/mol. The highest BCUT2D eigenvalue weighted by Crippen LogP contribution is 2.09. The predicted molar refractivity (Wildman–Crippen MR) is 68.4 cm³/mol. The van der Waals surface area contributed by atoms with Crippen LogP contribution < -0.4 is 0 Å². The van der Waals surface area contributed by atoms with Crippen molar-refractivity contribution in [1.29, 1.82) is 0 Å². The van der Waals surface area contributed by atoms with Crippen molar-refractivity contribution in [3.8, 4) is 0 Å². The van der Waals surface area contributed by atoms with Crippen molar-refractivity contribution >= 4 is 5.91 Å². The first-order chi connectivity index (χ1) is 8.60. The molecule has 100 valence electrons. The number of carbonyl (C=O) groups excluding carboxylic acids is 1. The van der Waals surface area contributed by atoms with Gasteiger partial charge in [-0.15, -0.1) is 11.7 Å². The first-order valence-corrected chi connectivity index (χ1v) is 5.91. The van der Waals surface area contributed by atoms with Gasteiger partial charge in [0.15, 0.2) is 0 Å². The molecular weight excluding hydrogens is 232 g/mol. The Morgan fingerprint density at radius 2 is 2.33 bits per heavy atom. The van der Waals surface area contributed by atoms with Gasteiger partial charge in [0, 0.05) is 26.1 Å². The topological polar surface area (TPSA) is 71.1 Å². The van der Waals surface area contributed by atoms with Crippen LogP contribution in [0.4, 0.5) is 0 Å². The lowest BCUT2D eigenvalue weighted by Gasteiger charge is -2.18. The van der Waals surface area contributed by atoms with E-state index >= 15 is 0 Å². The second-order valence-corrected chi connectivity index (χ2v) is 4.23. The smallest absolute Gasteiger partial charge is 0.293 e. The maximum absolute atomic E-state index is 12.2. The number of amides is 1. The predicted octanol–water partition coefficient (Wildman–Crippen LogP) is 1.20. The summed E-state index contributed by atoms with van der Waals surface area (Å²) in [6, 6.07) is 0. The molecule has 1 aromatic rings. The van der Waals surface area contributed by atoms with E-state index in [9.17, 15) is 4.79 Å². The summed E-state index contributed by atoms with van der Waals surface area (Å²) in [6.45, 7) is 9.03. The molecule has 1 heterocycles. The molecule has 0 bridgehead atoms. The molecule has 0 aliphatic rings. The van der Waals surface area contributed by atoms with Crippen LogP contribution in [0.3, 0.4) is 0 Å². The maximum atomic E-state index is 12.2. The standard InChI is InChI=1S/C12H20N4O2/c1-5-6-16(7-8-18-4)12(17)11-13-10(9(2)3)14-15-11/h5,9H,1,6-8H2,2-4H3,(H,13,14,15). The molecule has 0 atom stereocenters. The number of H-pyrrole nitrogens is 1. The number of hydrogen-bond donors (Lipinski definition) is 1. The minimum absolute atomic E-state index is 0.191. The molecule has 1 N–H and O–H groups in total. The molecule has 6 nitrogen and oxygen atoms in total. The van der Waals surface area contributed by atoms with Gasteiger partial charge in [-0.1, -0.05) is 19.9 Å². The molecule has 0 radical (unpaired) electrons. The zero-order chi connectivity index (χ0) is 13.5. The van der Waals surface area contributed by atoms with Crippen LogP contribution in [0.2, 0.25) is 0 Å². The van der Waals surface area contributed by atoms with Crippen molar-refractivity contribution < 1.29 is 9.53 Å². The van der Waals surface area contributed by atoms with Crippen molar-refractivity contribution in [3.05, 3.63) is 24.3 Å². The van der Waals surface area contributed by atoms with Gasteiger partial charge in [0.2, 0.25) is 5.82 Å². The van der Waals surface area contributed by atoms with E-state index < -0.39 is 0 Å². The monoisotopic (exact) mass is 252 g/mol. The highest BCUT2D eigenvalue weighted by Gasteiger charge is 2.19. The molecule has 6 heteroatoms. The van der Waals surface area contributed by atoms with Gasteiger partial charge in [0.25, 0.3) is 5.91 Å². The first-order valence-electron chi connectivity index (χ1n) is 5.91. The Bertz CT molecular complexity index is 401. The number of rotatable bonds is 7. The average Bonchev–Trinajstić information content (AvgIpc) is 2.83. The van der Waals surface area contributed by atoms with Gasteiger partial charge >= 0.3 is 0 Å². The molecule has 0 aliphatic heterocycles.